The lowest BCUT2D eigenvalue weighted by Crippen LogP contribution is -2.27. The van der Waals surface area contributed by atoms with Gasteiger partial charge < -0.3 is 18.9 Å². The first-order valence-corrected chi connectivity index (χ1v) is 17.1. The lowest BCUT2D eigenvalue weighted by molar-refractivity contribution is 0.0636. The molecule has 1 aliphatic carbocycles. The van der Waals surface area contributed by atoms with Crippen molar-refractivity contribution in [3.05, 3.63) is 125 Å². The molecule has 1 saturated carbocycles. The van der Waals surface area contributed by atoms with Crippen molar-refractivity contribution in [1.82, 2.24) is 19.1 Å². The molecule has 5 rings (SSSR count). The van der Waals surface area contributed by atoms with Crippen LogP contribution in [0.4, 0.5) is 10.5 Å². The maximum absolute atomic E-state index is 11.4. The molecule has 0 spiro atoms. The van der Waals surface area contributed by atoms with Gasteiger partial charge in [0.1, 0.15) is 5.60 Å². The van der Waals surface area contributed by atoms with Gasteiger partial charge in [-0.1, -0.05) is 57.2 Å². The number of H-pyrrole nitrogens is 1. The third-order valence-electron chi connectivity index (χ3n) is 6.61. The van der Waals surface area contributed by atoms with Gasteiger partial charge in [-0.15, -0.1) is 11.6 Å². The molecule has 0 bridgehead atoms. The normalized spacial score (nSPS) is 12.6. The number of carbonyl (C=O) groups excluding carboxylic acids is 1. The highest BCUT2D eigenvalue weighted by molar-refractivity contribution is 9.10. The van der Waals surface area contributed by atoms with Crippen LogP contribution in [0.15, 0.2) is 96.6 Å². The molecule has 47 heavy (non-hydrogen) atoms. The Bertz CT molecular complexity index is 1730. The number of nitrogens with zero attached hydrogens (tertiary/aromatic N) is 3. The standard InChI is InChI=1S/C12H16ClN.C11H16N2O3.C6H6BrNO.C5H4BrNO/c13-8-12-7-6-11(9-14-12)10-4-2-1-3-5-10;1-11(2,3)16-10(15)12-8-5-6-13(4)9(14)7-8;1-8-3-2-5(7)4-6(8)9;6-4-1-2-7-5(8)3-4/h6-7,9-10H,1-5,8H2;5-7H,1-4H3,(H,12,15);2-4H,1H3;1-3H,(H,7,8). The summed E-state index contributed by atoms with van der Waals surface area (Å²) in [5, 5.41) is 2.49. The van der Waals surface area contributed by atoms with E-state index >= 15 is 0 Å². The first-order valence-electron chi connectivity index (χ1n) is 15.0. The summed E-state index contributed by atoms with van der Waals surface area (Å²) in [6.07, 6.45) is 13.2. The number of aromatic nitrogens is 4. The van der Waals surface area contributed by atoms with Crippen LogP contribution in [0.3, 0.4) is 0 Å². The Morgan fingerprint density at radius 3 is 2.02 bits per heavy atom. The molecule has 1 amide bonds. The Kier molecular flexibility index (Phi) is 16.9. The van der Waals surface area contributed by atoms with Crippen LogP contribution in [0.1, 0.15) is 70.1 Å². The van der Waals surface area contributed by atoms with Crippen molar-refractivity contribution in [2.45, 2.75) is 70.3 Å². The van der Waals surface area contributed by atoms with Crippen molar-refractivity contribution >= 4 is 55.2 Å². The summed E-state index contributed by atoms with van der Waals surface area (Å²) >= 11 is 12.0. The molecule has 10 nitrogen and oxygen atoms in total. The second kappa shape index (κ2) is 20.0. The Balaban J connectivity index is 0.000000226. The van der Waals surface area contributed by atoms with Crippen molar-refractivity contribution in [3.63, 3.8) is 0 Å². The van der Waals surface area contributed by atoms with E-state index in [4.69, 9.17) is 16.3 Å². The zero-order valence-corrected chi connectivity index (χ0v) is 31.2. The fourth-order valence-corrected chi connectivity index (χ4v) is 5.00. The van der Waals surface area contributed by atoms with E-state index in [1.54, 1.807) is 65.6 Å². The molecule has 0 saturated heterocycles. The minimum absolute atomic E-state index is 0.00405. The highest BCUT2D eigenvalue weighted by Crippen LogP contribution is 2.32. The number of hydrogen-bond acceptors (Lipinski definition) is 6. The van der Waals surface area contributed by atoms with Crippen molar-refractivity contribution in [2.75, 3.05) is 5.32 Å². The van der Waals surface area contributed by atoms with Crippen molar-refractivity contribution in [2.24, 2.45) is 14.1 Å². The van der Waals surface area contributed by atoms with Crippen LogP contribution < -0.4 is 22.0 Å². The number of halogens is 3. The van der Waals surface area contributed by atoms with Crippen molar-refractivity contribution in [3.8, 4) is 0 Å². The Labute approximate surface area is 296 Å². The summed E-state index contributed by atoms with van der Waals surface area (Å²) in [6, 6.07) is 13.8. The van der Waals surface area contributed by atoms with E-state index < -0.39 is 11.7 Å². The number of nitrogens with one attached hydrogen (secondary N) is 2. The molecule has 0 radical (unpaired) electrons. The molecule has 254 valence electrons. The predicted molar refractivity (Wildman–Crippen MR) is 195 cm³/mol. The van der Waals surface area contributed by atoms with Gasteiger partial charge in [-0.3, -0.25) is 24.7 Å². The van der Waals surface area contributed by atoms with E-state index in [0.717, 1.165) is 20.6 Å². The van der Waals surface area contributed by atoms with Gasteiger partial charge in [0.15, 0.2) is 0 Å². The summed E-state index contributed by atoms with van der Waals surface area (Å²) in [7, 11) is 3.36. The Morgan fingerprint density at radius 1 is 0.936 bits per heavy atom. The maximum Gasteiger partial charge on any atom is 0.412 e. The predicted octanol–water partition coefficient (Wildman–Crippen LogP) is 7.89. The molecular formula is C34H42Br2ClN5O5. The lowest BCUT2D eigenvalue weighted by atomic mass is 9.85. The minimum atomic E-state index is -0.569. The molecule has 2 N–H and O–H groups in total. The largest absolute Gasteiger partial charge is 0.444 e. The molecule has 0 aromatic carbocycles. The quantitative estimate of drug-likeness (QED) is 0.203. The van der Waals surface area contributed by atoms with E-state index in [9.17, 15) is 19.2 Å². The van der Waals surface area contributed by atoms with E-state index in [1.807, 2.05) is 12.3 Å². The van der Waals surface area contributed by atoms with Crippen molar-refractivity contribution < 1.29 is 9.53 Å². The van der Waals surface area contributed by atoms with Crippen LogP contribution in [-0.4, -0.2) is 30.8 Å². The zero-order valence-electron chi connectivity index (χ0n) is 27.3. The molecule has 1 fully saturated rings. The average Bonchev–Trinajstić information content (AvgIpc) is 3.01. The van der Waals surface area contributed by atoms with Gasteiger partial charge in [0.2, 0.25) is 5.56 Å². The third-order valence-corrected chi connectivity index (χ3v) is 7.87. The van der Waals surface area contributed by atoms with E-state index in [0.29, 0.717) is 11.6 Å². The van der Waals surface area contributed by atoms with E-state index in [-0.39, 0.29) is 16.7 Å². The molecular weight excluding hydrogens is 754 g/mol. The fourth-order valence-electron chi connectivity index (χ4n) is 4.18. The second-order valence-corrected chi connectivity index (χ2v) is 13.8. The summed E-state index contributed by atoms with van der Waals surface area (Å²) < 4.78 is 9.62. The molecule has 4 heterocycles. The number of alkyl halides is 1. The SMILES string of the molecule is ClCc1ccc(C2CCCCC2)cn1.Cn1ccc(Br)cc1=O.Cn1ccc(NC(=O)OC(C)(C)C)cc1=O.O=c1cc(Br)cc[nH]1. The van der Waals surface area contributed by atoms with Gasteiger partial charge in [0, 0.05) is 66.0 Å². The second-order valence-electron chi connectivity index (χ2n) is 11.7. The first-order chi connectivity index (χ1) is 22.2. The molecule has 0 unspecified atom stereocenters. The van der Waals surface area contributed by atoms with Crippen LogP contribution >= 0.6 is 43.5 Å². The number of aromatic amines is 1. The number of carbonyl (C=O) groups is 1. The summed E-state index contributed by atoms with van der Waals surface area (Å²) in [5.74, 6) is 1.27. The third kappa shape index (κ3) is 16.3. The van der Waals surface area contributed by atoms with Gasteiger partial charge in [-0.05, 0) is 69.4 Å². The van der Waals surface area contributed by atoms with E-state index in [2.05, 4.69) is 59.3 Å². The molecule has 4 aromatic rings. The van der Waals surface area contributed by atoms with Crippen LogP contribution in [0.2, 0.25) is 0 Å². The van der Waals surface area contributed by atoms with Gasteiger partial charge in [-0.2, -0.15) is 0 Å². The lowest BCUT2D eigenvalue weighted by Gasteiger charge is -2.21. The van der Waals surface area contributed by atoms with Crippen LogP contribution in [0.5, 0.6) is 0 Å². The van der Waals surface area contributed by atoms with Crippen molar-refractivity contribution in [1.29, 1.82) is 0 Å². The van der Waals surface area contributed by atoms with Gasteiger partial charge in [0.05, 0.1) is 17.3 Å². The molecule has 13 heteroatoms. The number of aryl methyl sites for hydroxylation is 2. The molecule has 0 aliphatic heterocycles. The number of rotatable bonds is 3. The summed E-state index contributed by atoms with van der Waals surface area (Å²) in [6.45, 7) is 5.32. The highest BCUT2D eigenvalue weighted by Gasteiger charge is 2.16. The molecule has 4 aromatic heterocycles. The van der Waals surface area contributed by atoms with Crippen LogP contribution in [-0.2, 0) is 24.7 Å². The number of hydrogen-bond donors (Lipinski definition) is 2. The summed E-state index contributed by atoms with van der Waals surface area (Å²) in [4.78, 5) is 50.7. The maximum atomic E-state index is 11.4. The minimum Gasteiger partial charge on any atom is -0.444 e. The fraction of sp³-hybridized carbons (Fsp3) is 0.382. The van der Waals surface area contributed by atoms with Gasteiger partial charge in [-0.25, -0.2) is 4.79 Å². The van der Waals surface area contributed by atoms with Gasteiger partial charge in [0.25, 0.3) is 11.1 Å². The molecule has 0 atom stereocenters. The molecule has 1 aliphatic rings. The smallest absolute Gasteiger partial charge is 0.412 e. The topological polar surface area (TPSA) is 128 Å². The number of ether oxygens (including phenoxy) is 1. The van der Waals surface area contributed by atoms with Crippen LogP contribution in [0, 0.1) is 0 Å². The van der Waals surface area contributed by atoms with Crippen LogP contribution in [0.25, 0.3) is 0 Å². The first kappa shape index (κ1) is 39.7. The Morgan fingerprint density at radius 2 is 1.55 bits per heavy atom. The average molecular weight is 796 g/mol. The number of pyridine rings is 4. The van der Waals surface area contributed by atoms with E-state index in [1.165, 1.54) is 65.0 Å². The highest BCUT2D eigenvalue weighted by atomic mass is 79.9. The van der Waals surface area contributed by atoms with Gasteiger partial charge >= 0.3 is 6.09 Å². The monoisotopic (exact) mass is 793 g/mol. The number of anilines is 1. The zero-order chi connectivity index (χ0) is 35.0. The Hall–Kier alpha value is -3.48. The number of amides is 1. The summed E-state index contributed by atoms with van der Waals surface area (Å²) in [5.41, 5.74) is 1.99.